The zero-order valence-electron chi connectivity index (χ0n) is 18.8. The average Bonchev–Trinajstić information content (AvgIpc) is 3.02. The van der Waals surface area contributed by atoms with Gasteiger partial charge in [-0.3, -0.25) is 4.90 Å². The number of carbonyl (C=O) groups excluding carboxylic acids is 1. The van der Waals surface area contributed by atoms with Crippen molar-refractivity contribution in [1.29, 1.82) is 0 Å². The minimum atomic E-state index is -3.82. The first-order chi connectivity index (χ1) is 16.3. The quantitative estimate of drug-likeness (QED) is 0.604. The number of sulfonamides is 1. The molecule has 1 aromatic heterocycles. The number of nitrogens with zero attached hydrogens (tertiary/aromatic N) is 4. The number of carbonyl (C=O) groups is 1. The molecular formula is C22H27FN6O4S. The molecule has 2 aliphatic heterocycles. The number of halogens is 1. The van der Waals surface area contributed by atoms with Gasteiger partial charge in [-0.2, -0.15) is 0 Å². The number of hydrogen-bond acceptors (Lipinski definition) is 8. The molecule has 34 heavy (non-hydrogen) atoms. The number of ether oxygens (including phenoxy) is 1. The smallest absolute Gasteiger partial charge is 0.414 e. The van der Waals surface area contributed by atoms with Crippen LogP contribution >= 0.6 is 0 Å². The summed E-state index contributed by atoms with van der Waals surface area (Å²) in [6.07, 6.45) is 0.522. The maximum Gasteiger partial charge on any atom is 0.414 e. The molecule has 1 aromatic carbocycles. The summed E-state index contributed by atoms with van der Waals surface area (Å²) in [4.78, 5) is 19.4. The lowest BCUT2D eigenvalue weighted by molar-refractivity contribution is 0.141. The third-order valence-electron chi connectivity index (χ3n) is 5.52. The Hall–Kier alpha value is -3.22. The lowest BCUT2D eigenvalue weighted by atomic mass is 10.2. The summed E-state index contributed by atoms with van der Waals surface area (Å²) in [6, 6.07) is 9.24. The number of benzene rings is 1. The summed E-state index contributed by atoms with van der Waals surface area (Å²) in [5.74, 6) is -0.505. The number of nitrogens with one attached hydrogen (secondary N) is 2. The van der Waals surface area contributed by atoms with Crippen LogP contribution in [-0.2, 0) is 14.8 Å². The van der Waals surface area contributed by atoms with Gasteiger partial charge < -0.3 is 15.0 Å². The molecule has 12 heteroatoms. The second kappa shape index (κ2) is 9.95. The van der Waals surface area contributed by atoms with Gasteiger partial charge >= 0.3 is 6.09 Å². The Morgan fingerprint density at radius 3 is 2.82 bits per heavy atom. The van der Waals surface area contributed by atoms with Gasteiger partial charge in [0.2, 0.25) is 0 Å². The Balaban J connectivity index is 1.43. The molecule has 0 spiro atoms. The first kappa shape index (κ1) is 23.9. The molecule has 2 aliphatic rings. The number of cyclic esters (lactones) is 1. The molecule has 2 saturated heterocycles. The van der Waals surface area contributed by atoms with E-state index in [1.165, 1.54) is 23.2 Å². The molecule has 0 saturated carbocycles. The molecule has 0 bridgehead atoms. The van der Waals surface area contributed by atoms with Crippen molar-refractivity contribution in [2.45, 2.75) is 18.1 Å². The summed E-state index contributed by atoms with van der Waals surface area (Å²) in [7, 11) is -3.82. The molecule has 0 radical (unpaired) electrons. The second-order valence-electron chi connectivity index (χ2n) is 8.05. The van der Waals surface area contributed by atoms with E-state index in [9.17, 15) is 13.2 Å². The summed E-state index contributed by atoms with van der Waals surface area (Å²) in [5.41, 5.74) is 4.38. The summed E-state index contributed by atoms with van der Waals surface area (Å²) < 4.78 is 47.2. The van der Waals surface area contributed by atoms with Crippen molar-refractivity contribution in [2.75, 3.05) is 49.1 Å². The van der Waals surface area contributed by atoms with Crippen LogP contribution in [0.25, 0.3) is 0 Å². The molecule has 0 unspecified atom stereocenters. The first-order valence-electron chi connectivity index (χ1n) is 10.8. The van der Waals surface area contributed by atoms with Gasteiger partial charge in [0.05, 0.1) is 24.5 Å². The highest BCUT2D eigenvalue weighted by Crippen LogP contribution is 2.28. The average molecular weight is 491 g/mol. The molecule has 1 amide bonds. The van der Waals surface area contributed by atoms with Gasteiger partial charge in [0.1, 0.15) is 11.9 Å². The maximum absolute atomic E-state index is 15.1. The zero-order chi connectivity index (χ0) is 24.3. The largest absolute Gasteiger partial charge is 0.442 e. The van der Waals surface area contributed by atoms with Crippen molar-refractivity contribution in [1.82, 2.24) is 20.1 Å². The van der Waals surface area contributed by atoms with E-state index in [4.69, 9.17) is 4.74 Å². The van der Waals surface area contributed by atoms with Gasteiger partial charge in [-0.25, -0.2) is 28.0 Å². The van der Waals surface area contributed by atoms with E-state index in [0.29, 0.717) is 37.6 Å². The van der Waals surface area contributed by atoms with Crippen molar-refractivity contribution < 1.29 is 22.3 Å². The zero-order valence-corrected chi connectivity index (χ0v) is 19.6. The molecule has 0 aliphatic carbocycles. The minimum absolute atomic E-state index is 0.0549. The number of rotatable bonds is 7. The molecule has 2 aromatic rings. The van der Waals surface area contributed by atoms with Gasteiger partial charge in [0.25, 0.3) is 10.0 Å². The Labute approximate surface area is 198 Å². The number of amides is 1. The number of hydrogen-bond donors (Lipinski definition) is 2. The van der Waals surface area contributed by atoms with Gasteiger partial charge in [-0.1, -0.05) is 12.6 Å². The number of pyridine rings is 1. The number of allylic oxidation sites excluding steroid dienone is 1. The highest BCUT2D eigenvalue weighted by molar-refractivity contribution is 7.89. The van der Waals surface area contributed by atoms with E-state index < -0.39 is 21.9 Å². The van der Waals surface area contributed by atoms with Crippen molar-refractivity contribution in [3.63, 3.8) is 0 Å². The van der Waals surface area contributed by atoms with E-state index in [-0.39, 0.29) is 24.2 Å². The van der Waals surface area contributed by atoms with Crippen molar-refractivity contribution >= 4 is 27.5 Å². The Kier molecular flexibility index (Phi) is 7.00. The van der Waals surface area contributed by atoms with Crippen LogP contribution in [0.1, 0.15) is 6.92 Å². The van der Waals surface area contributed by atoms with Crippen LogP contribution < -0.4 is 20.5 Å². The Morgan fingerprint density at radius 2 is 2.12 bits per heavy atom. The van der Waals surface area contributed by atoms with Crippen LogP contribution in [0.5, 0.6) is 0 Å². The van der Waals surface area contributed by atoms with Crippen LogP contribution in [0.2, 0.25) is 0 Å². The molecule has 10 nitrogen and oxygen atoms in total. The summed E-state index contributed by atoms with van der Waals surface area (Å²) in [6.45, 7) is 7.36. The monoisotopic (exact) mass is 490 g/mol. The van der Waals surface area contributed by atoms with Crippen LogP contribution in [0.15, 0.2) is 59.9 Å². The molecule has 3 heterocycles. The molecule has 4 rings (SSSR count). The fourth-order valence-electron chi connectivity index (χ4n) is 3.82. The number of anilines is 2. The summed E-state index contributed by atoms with van der Waals surface area (Å²) in [5, 5.41) is 2.98. The fraction of sp³-hybridized carbons (Fsp3) is 0.364. The highest BCUT2D eigenvalue weighted by atomic mass is 32.2. The first-order valence-corrected chi connectivity index (χ1v) is 12.3. The van der Waals surface area contributed by atoms with Crippen LogP contribution in [0.4, 0.5) is 20.6 Å². The van der Waals surface area contributed by atoms with E-state index >= 15 is 4.39 Å². The van der Waals surface area contributed by atoms with Crippen LogP contribution in [-0.4, -0.2) is 69.3 Å². The predicted molar refractivity (Wildman–Crippen MR) is 125 cm³/mol. The SMILES string of the molecule is C=C(C)NC[C@H]1CN(c2ccc(N3CCNN(S(=O)(=O)c4ccccn4)CC3)c(F)c2)C(=O)O1. The second-order valence-corrected chi connectivity index (χ2v) is 9.86. The van der Waals surface area contributed by atoms with E-state index in [2.05, 4.69) is 22.3 Å². The van der Waals surface area contributed by atoms with Gasteiger partial charge in [-0.05, 0) is 37.3 Å². The lowest BCUT2D eigenvalue weighted by Crippen LogP contribution is -2.43. The van der Waals surface area contributed by atoms with Crippen molar-refractivity contribution in [3.8, 4) is 0 Å². The minimum Gasteiger partial charge on any atom is -0.442 e. The molecular weight excluding hydrogens is 463 g/mol. The lowest BCUT2D eigenvalue weighted by Gasteiger charge is -2.24. The van der Waals surface area contributed by atoms with Gasteiger partial charge in [0.15, 0.2) is 5.03 Å². The molecule has 182 valence electrons. The Bertz CT molecular complexity index is 1160. The van der Waals surface area contributed by atoms with Gasteiger partial charge in [-0.15, -0.1) is 4.41 Å². The number of aromatic nitrogens is 1. The fourth-order valence-corrected chi connectivity index (χ4v) is 5.07. The van der Waals surface area contributed by atoms with Crippen molar-refractivity contribution in [3.05, 3.63) is 60.7 Å². The third kappa shape index (κ3) is 5.13. The molecule has 1 atom stereocenters. The normalized spacial score (nSPS) is 19.6. The van der Waals surface area contributed by atoms with Crippen molar-refractivity contribution in [2.24, 2.45) is 0 Å². The highest BCUT2D eigenvalue weighted by Gasteiger charge is 2.33. The molecule has 2 fully saturated rings. The van der Waals surface area contributed by atoms with Crippen LogP contribution in [0.3, 0.4) is 0 Å². The van der Waals surface area contributed by atoms with E-state index in [1.54, 1.807) is 29.2 Å². The number of hydrazine groups is 1. The van der Waals surface area contributed by atoms with Gasteiger partial charge in [0, 0.05) is 38.1 Å². The maximum atomic E-state index is 15.1. The van der Waals surface area contributed by atoms with E-state index in [1.807, 2.05) is 6.92 Å². The van der Waals surface area contributed by atoms with E-state index in [0.717, 1.165) is 10.1 Å². The topological polar surface area (TPSA) is 107 Å². The molecule has 2 N–H and O–H groups in total. The standard InChI is InChI=1S/C22H27FN6O4S/c1-16(2)25-14-18-15-28(22(30)33-18)17-6-7-20(19(23)13-17)27-10-9-26-29(12-11-27)34(31,32)21-5-3-4-8-24-21/h3-8,13,18,25-26H,1,9-12,14-15H2,2H3/t18-/m0/s1. The predicted octanol–water partition coefficient (Wildman–Crippen LogP) is 1.68. The third-order valence-corrected chi connectivity index (χ3v) is 7.19. The summed E-state index contributed by atoms with van der Waals surface area (Å²) >= 11 is 0. The van der Waals surface area contributed by atoms with Crippen LogP contribution in [0, 0.1) is 5.82 Å². The Morgan fingerprint density at radius 1 is 1.29 bits per heavy atom.